The topological polar surface area (TPSA) is 121 Å². The van der Waals surface area contributed by atoms with E-state index in [9.17, 15) is 19.2 Å². The second kappa shape index (κ2) is 10.2. The number of ketones is 1. The van der Waals surface area contributed by atoms with E-state index in [1.54, 1.807) is 31.2 Å². The van der Waals surface area contributed by atoms with Gasteiger partial charge in [-0.2, -0.15) is 0 Å². The quantitative estimate of drug-likeness (QED) is 0.488. The SMILES string of the molecule is CCOC(=O)c1c(NC(=O)COC(=O)Cc2ccccc2OC)oc(C)c1C(C)=O. The first-order valence-electron chi connectivity index (χ1n) is 9.17. The molecule has 1 N–H and O–H groups in total. The van der Waals surface area contributed by atoms with Crippen LogP contribution in [0.2, 0.25) is 0 Å². The molecule has 2 aromatic rings. The minimum atomic E-state index is -0.803. The van der Waals surface area contributed by atoms with E-state index < -0.39 is 30.2 Å². The molecule has 0 saturated carbocycles. The number of furan rings is 1. The summed E-state index contributed by atoms with van der Waals surface area (Å²) in [5, 5.41) is 2.35. The molecule has 0 spiro atoms. The summed E-state index contributed by atoms with van der Waals surface area (Å²) in [6.45, 7) is 3.84. The number of benzene rings is 1. The van der Waals surface area contributed by atoms with Gasteiger partial charge in [-0.15, -0.1) is 0 Å². The van der Waals surface area contributed by atoms with E-state index in [2.05, 4.69) is 5.32 Å². The van der Waals surface area contributed by atoms with Crippen LogP contribution in [0.5, 0.6) is 5.75 Å². The highest BCUT2D eigenvalue weighted by Gasteiger charge is 2.28. The van der Waals surface area contributed by atoms with Crippen LogP contribution in [-0.2, 0) is 25.5 Å². The number of esters is 2. The van der Waals surface area contributed by atoms with Crippen molar-refractivity contribution in [3.05, 3.63) is 46.7 Å². The van der Waals surface area contributed by atoms with Gasteiger partial charge in [0.05, 0.1) is 25.7 Å². The minimum absolute atomic E-state index is 0.0249. The van der Waals surface area contributed by atoms with E-state index in [0.717, 1.165) is 0 Å². The Labute approximate surface area is 173 Å². The standard InChI is InChI=1S/C21H23NO8/c1-5-28-21(26)19-18(12(2)23)13(3)30-20(19)22-16(24)11-29-17(25)10-14-8-6-7-9-15(14)27-4/h6-9H,5,10-11H2,1-4H3,(H,22,24). The molecule has 1 amide bonds. The molecule has 0 fully saturated rings. The number of hydrogen-bond donors (Lipinski definition) is 1. The van der Waals surface area contributed by atoms with E-state index >= 15 is 0 Å². The van der Waals surface area contributed by atoms with Crippen molar-refractivity contribution < 1.29 is 37.8 Å². The fourth-order valence-electron chi connectivity index (χ4n) is 2.82. The molecule has 1 heterocycles. The number of Topliss-reactive ketones (excluding diaryl/α,β-unsaturated/α-hetero) is 1. The van der Waals surface area contributed by atoms with Crippen molar-refractivity contribution in [3.8, 4) is 5.75 Å². The Morgan fingerprint density at radius 3 is 2.40 bits per heavy atom. The first-order valence-corrected chi connectivity index (χ1v) is 9.17. The molecular weight excluding hydrogens is 394 g/mol. The van der Waals surface area contributed by atoms with Gasteiger partial charge >= 0.3 is 11.9 Å². The summed E-state index contributed by atoms with van der Waals surface area (Å²) in [6.07, 6.45) is -0.0836. The molecule has 0 saturated heterocycles. The summed E-state index contributed by atoms with van der Waals surface area (Å²) in [5.74, 6) is -2.14. The van der Waals surface area contributed by atoms with Gasteiger partial charge in [0.15, 0.2) is 12.4 Å². The molecule has 2 rings (SSSR count). The van der Waals surface area contributed by atoms with Crippen LogP contribution < -0.4 is 10.1 Å². The van der Waals surface area contributed by atoms with Crippen molar-refractivity contribution in [2.75, 3.05) is 25.6 Å². The maximum atomic E-state index is 12.2. The number of para-hydroxylation sites is 1. The van der Waals surface area contributed by atoms with Crippen molar-refractivity contribution in [1.82, 2.24) is 0 Å². The van der Waals surface area contributed by atoms with Crippen LogP contribution >= 0.6 is 0 Å². The smallest absolute Gasteiger partial charge is 0.344 e. The van der Waals surface area contributed by atoms with Crippen molar-refractivity contribution in [3.63, 3.8) is 0 Å². The number of ether oxygens (including phenoxy) is 3. The van der Waals surface area contributed by atoms with Crippen molar-refractivity contribution in [1.29, 1.82) is 0 Å². The Hall–Kier alpha value is -3.62. The van der Waals surface area contributed by atoms with Gasteiger partial charge in [0.1, 0.15) is 17.1 Å². The first-order chi connectivity index (χ1) is 14.3. The van der Waals surface area contributed by atoms with E-state index in [1.807, 2.05) is 0 Å². The third-order valence-electron chi connectivity index (χ3n) is 4.06. The molecule has 1 aromatic heterocycles. The normalized spacial score (nSPS) is 10.3. The first kappa shape index (κ1) is 22.7. The number of amides is 1. The molecule has 0 unspecified atom stereocenters. The maximum absolute atomic E-state index is 12.2. The number of rotatable bonds is 9. The fourth-order valence-corrected chi connectivity index (χ4v) is 2.82. The molecule has 0 aliphatic heterocycles. The van der Waals surface area contributed by atoms with E-state index in [0.29, 0.717) is 11.3 Å². The van der Waals surface area contributed by atoms with Crippen LogP contribution in [0.25, 0.3) is 0 Å². The van der Waals surface area contributed by atoms with E-state index in [1.165, 1.54) is 21.0 Å². The molecule has 9 nitrogen and oxygen atoms in total. The Morgan fingerprint density at radius 1 is 1.07 bits per heavy atom. The fraction of sp³-hybridized carbons (Fsp3) is 0.333. The summed E-state index contributed by atoms with van der Waals surface area (Å²) in [4.78, 5) is 48.4. The van der Waals surface area contributed by atoms with Gasteiger partial charge in [-0.1, -0.05) is 18.2 Å². The lowest BCUT2D eigenvalue weighted by atomic mass is 10.1. The molecule has 160 valence electrons. The lowest BCUT2D eigenvalue weighted by molar-refractivity contribution is -0.146. The number of methoxy groups -OCH3 is 1. The van der Waals surface area contributed by atoms with Gasteiger partial charge in [0, 0.05) is 5.56 Å². The molecule has 0 atom stereocenters. The summed E-state index contributed by atoms with van der Waals surface area (Å²) in [7, 11) is 1.49. The molecule has 9 heteroatoms. The van der Waals surface area contributed by atoms with Crippen molar-refractivity contribution >= 4 is 29.5 Å². The predicted octanol–water partition coefficient (Wildman–Crippen LogP) is 2.70. The van der Waals surface area contributed by atoms with Crippen LogP contribution in [-0.4, -0.2) is 44.0 Å². The zero-order chi connectivity index (χ0) is 22.3. The summed E-state index contributed by atoms with van der Waals surface area (Å²) < 4.78 is 20.5. The summed E-state index contributed by atoms with van der Waals surface area (Å²) in [6, 6.07) is 6.93. The number of anilines is 1. The third kappa shape index (κ3) is 5.47. The van der Waals surface area contributed by atoms with Gasteiger partial charge in [-0.25, -0.2) is 4.79 Å². The monoisotopic (exact) mass is 417 g/mol. The molecule has 0 aliphatic carbocycles. The largest absolute Gasteiger partial charge is 0.496 e. The number of carbonyl (C=O) groups excluding carboxylic acids is 4. The molecule has 0 aliphatic rings. The summed E-state index contributed by atoms with van der Waals surface area (Å²) in [5.41, 5.74) is 0.468. The van der Waals surface area contributed by atoms with Crippen molar-refractivity contribution in [2.24, 2.45) is 0 Å². The molecule has 1 aromatic carbocycles. The van der Waals surface area contributed by atoms with Crippen LogP contribution in [0.15, 0.2) is 28.7 Å². The average molecular weight is 417 g/mol. The van der Waals surface area contributed by atoms with Crippen LogP contribution in [0.1, 0.15) is 45.9 Å². The molecule has 0 radical (unpaired) electrons. The van der Waals surface area contributed by atoms with Crippen LogP contribution in [0.3, 0.4) is 0 Å². The van der Waals surface area contributed by atoms with Gasteiger partial charge in [0.2, 0.25) is 5.88 Å². The zero-order valence-electron chi connectivity index (χ0n) is 17.2. The highest BCUT2D eigenvalue weighted by atomic mass is 16.5. The summed E-state index contributed by atoms with van der Waals surface area (Å²) >= 11 is 0. The Bertz CT molecular complexity index is 960. The number of carbonyl (C=O) groups is 4. The highest BCUT2D eigenvalue weighted by molar-refractivity contribution is 6.10. The molecule has 0 bridgehead atoms. The Kier molecular flexibility index (Phi) is 7.74. The minimum Gasteiger partial charge on any atom is -0.496 e. The van der Waals surface area contributed by atoms with Gasteiger partial charge in [-0.05, 0) is 26.8 Å². The molecule has 30 heavy (non-hydrogen) atoms. The maximum Gasteiger partial charge on any atom is 0.344 e. The molecular formula is C21H23NO8. The predicted molar refractivity (Wildman–Crippen MR) is 106 cm³/mol. The lowest BCUT2D eigenvalue weighted by Gasteiger charge is -2.09. The van der Waals surface area contributed by atoms with Crippen molar-refractivity contribution in [2.45, 2.75) is 27.2 Å². The van der Waals surface area contributed by atoms with Gasteiger partial charge in [-0.3, -0.25) is 19.7 Å². The Balaban J connectivity index is 2.06. The Morgan fingerprint density at radius 2 is 1.77 bits per heavy atom. The number of aryl methyl sites for hydroxylation is 1. The van der Waals surface area contributed by atoms with Crippen LogP contribution in [0.4, 0.5) is 5.88 Å². The second-order valence-corrected chi connectivity index (χ2v) is 6.21. The number of nitrogens with one attached hydrogen (secondary N) is 1. The van der Waals surface area contributed by atoms with E-state index in [-0.39, 0.29) is 35.8 Å². The van der Waals surface area contributed by atoms with Crippen LogP contribution in [0, 0.1) is 6.92 Å². The average Bonchev–Trinajstić information content (AvgIpc) is 3.03. The number of hydrogen-bond acceptors (Lipinski definition) is 8. The van der Waals surface area contributed by atoms with E-state index in [4.69, 9.17) is 18.6 Å². The van der Waals surface area contributed by atoms with Gasteiger partial charge in [0.25, 0.3) is 5.91 Å². The lowest BCUT2D eigenvalue weighted by Crippen LogP contribution is -2.23. The third-order valence-corrected chi connectivity index (χ3v) is 4.06. The second-order valence-electron chi connectivity index (χ2n) is 6.21. The van der Waals surface area contributed by atoms with Gasteiger partial charge < -0.3 is 18.6 Å². The zero-order valence-corrected chi connectivity index (χ0v) is 17.2. The highest BCUT2D eigenvalue weighted by Crippen LogP contribution is 2.28.